The molecule has 2 heterocycles. The summed E-state index contributed by atoms with van der Waals surface area (Å²) in [6, 6.07) is 7.96. The first-order chi connectivity index (χ1) is 11.7. The highest BCUT2D eigenvalue weighted by atomic mass is 32.2. The lowest BCUT2D eigenvalue weighted by atomic mass is 10.1. The van der Waals surface area contributed by atoms with E-state index in [9.17, 15) is 8.42 Å². The van der Waals surface area contributed by atoms with Gasteiger partial charge < -0.3 is 14.6 Å². The molecule has 0 radical (unpaired) electrons. The number of hydrogen-bond acceptors (Lipinski definition) is 4. The van der Waals surface area contributed by atoms with Crippen LogP contribution in [0, 0.1) is 6.92 Å². The molecule has 0 saturated carbocycles. The quantitative estimate of drug-likeness (QED) is 0.655. The number of aliphatic imine (C=N–C) groups is 1. The van der Waals surface area contributed by atoms with Crippen molar-refractivity contribution in [3.63, 3.8) is 0 Å². The molecule has 25 heavy (non-hydrogen) atoms. The first-order valence-electron chi connectivity index (χ1n) is 8.40. The second-order valence-electron chi connectivity index (χ2n) is 7.05. The average Bonchev–Trinajstić information content (AvgIpc) is 2.88. The summed E-state index contributed by atoms with van der Waals surface area (Å²) in [6.45, 7) is 6.97. The molecule has 7 heteroatoms. The monoisotopic (exact) mass is 363 g/mol. The Kier molecular flexibility index (Phi) is 4.53. The Morgan fingerprint density at radius 1 is 1.36 bits per heavy atom. The number of benzene rings is 1. The van der Waals surface area contributed by atoms with E-state index < -0.39 is 14.6 Å². The normalized spacial score (nSPS) is 20.0. The molecule has 0 atom stereocenters. The topological polar surface area (TPSA) is 74.9 Å². The second kappa shape index (κ2) is 6.37. The molecular weight excluding hydrogens is 338 g/mol. The van der Waals surface area contributed by atoms with E-state index in [0.29, 0.717) is 25.6 Å². The van der Waals surface area contributed by atoms with E-state index in [0.717, 1.165) is 22.3 Å². The zero-order valence-electron chi connectivity index (χ0n) is 15.2. The first kappa shape index (κ1) is 17.8. The molecular formula is C18H25N3O3S. The lowest BCUT2D eigenvalue weighted by Gasteiger charge is -2.39. The van der Waals surface area contributed by atoms with Gasteiger partial charge in [-0.3, -0.25) is 4.99 Å². The molecule has 3 rings (SSSR count). The Labute approximate surface area is 148 Å². The molecule has 136 valence electrons. The van der Waals surface area contributed by atoms with Gasteiger partial charge in [0.25, 0.3) is 0 Å². The number of hydrogen-bond donors (Lipinski definition) is 1. The van der Waals surface area contributed by atoms with Gasteiger partial charge in [0.15, 0.2) is 15.8 Å². The maximum Gasteiger partial charge on any atom is 0.194 e. The zero-order chi connectivity index (χ0) is 18.2. The van der Waals surface area contributed by atoms with Gasteiger partial charge in [0.1, 0.15) is 11.3 Å². The van der Waals surface area contributed by atoms with Crippen molar-refractivity contribution in [2.45, 2.75) is 32.1 Å². The number of aryl methyl sites for hydroxylation is 1. The molecule has 1 aromatic carbocycles. The zero-order valence-corrected chi connectivity index (χ0v) is 16.0. The van der Waals surface area contributed by atoms with E-state index in [2.05, 4.69) is 10.3 Å². The van der Waals surface area contributed by atoms with Crippen LogP contribution in [0.2, 0.25) is 0 Å². The average molecular weight is 363 g/mol. The molecule has 1 aliphatic heterocycles. The molecule has 1 aromatic heterocycles. The second-order valence-corrected chi connectivity index (χ2v) is 9.79. The molecule has 0 aliphatic carbocycles. The van der Waals surface area contributed by atoms with Crippen LogP contribution in [-0.2, 0) is 16.4 Å². The fourth-order valence-electron chi connectivity index (χ4n) is 3.21. The van der Waals surface area contributed by atoms with Crippen molar-refractivity contribution in [1.82, 2.24) is 10.2 Å². The number of nitrogens with zero attached hydrogens (tertiary/aromatic N) is 2. The van der Waals surface area contributed by atoms with Crippen LogP contribution in [0.15, 0.2) is 33.7 Å². The van der Waals surface area contributed by atoms with Crippen molar-refractivity contribution in [2.24, 2.45) is 4.99 Å². The summed E-state index contributed by atoms with van der Waals surface area (Å²) in [5.41, 5.74) is 1.98. The molecule has 1 fully saturated rings. The van der Waals surface area contributed by atoms with Crippen LogP contribution >= 0.6 is 0 Å². The van der Waals surface area contributed by atoms with Gasteiger partial charge in [0.05, 0.1) is 17.0 Å². The molecule has 0 spiro atoms. The van der Waals surface area contributed by atoms with Crippen LogP contribution in [0.25, 0.3) is 11.0 Å². The molecule has 0 amide bonds. The molecule has 0 bridgehead atoms. The van der Waals surface area contributed by atoms with Crippen LogP contribution in [0.1, 0.15) is 25.2 Å². The number of fused-ring (bicyclic) bond motifs is 1. The third-order valence-corrected chi connectivity index (χ3v) is 7.44. The highest BCUT2D eigenvalue weighted by molar-refractivity contribution is 7.92. The Bertz CT molecular complexity index is 913. The van der Waals surface area contributed by atoms with Gasteiger partial charge in [-0.15, -0.1) is 0 Å². The number of nitrogens with one attached hydrogen (secondary N) is 1. The van der Waals surface area contributed by atoms with Gasteiger partial charge in [-0.25, -0.2) is 8.42 Å². The van der Waals surface area contributed by atoms with Gasteiger partial charge in [0, 0.05) is 31.1 Å². The molecule has 6 nitrogen and oxygen atoms in total. The van der Waals surface area contributed by atoms with Crippen molar-refractivity contribution < 1.29 is 12.8 Å². The summed E-state index contributed by atoms with van der Waals surface area (Å²) < 4.78 is 29.5. The third kappa shape index (κ3) is 3.25. The number of sulfone groups is 1. The Morgan fingerprint density at radius 2 is 2.08 bits per heavy atom. The minimum absolute atomic E-state index is 0.143. The molecule has 1 aliphatic rings. The predicted octanol–water partition coefficient (Wildman–Crippen LogP) is 2.33. The highest BCUT2D eigenvalue weighted by Gasteiger charge is 2.40. The van der Waals surface area contributed by atoms with Gasteiger partial charge >= 0.3 is 0 Å². The van der Waals surface area contributed by atoms with Crippen LogP contribution in [0.3, 0.4) is 0 Å². The van der Waals surface area contributed by atoms with Crippen molar-refractivity contribution in [3.05, 3.63) is 35.6 Å². The summed E-state index contributed by atoms with van der Waals surface area (Å²) >= 11 is 0. The minimum Gasteiger partial charge on any atom is -0.459 e. The number of rotatable bonds is 2. The van der Waals surface area contributed by atoms with Crippen LogP contribution in [0.5, 0.6) is 0 Å². The lowest BCUT2D eigenvalue weighted by Crippen LogP contribution is -2.57. The molecule has 1 N–H and O–H groups in total. The predicted molar refractivity (Wildman–Crippen MR) is 101 cm³/mol. The maximum absolute atomic E-state index is 12.2. The van der Waals surface area contributed by atoms with Crippen molar-refractivity contribution in [2.75, 3.05) is 25.9 Å². The SMILES string of the molecule is CN=C(NCc1oc2ccccc2c1C)N1CCS(=O)(=O)C(C)(C)C1. The van der Waals surface area contributed by atoms with Crippen molar-refractivity contribution >= 4 is 26.8 Å². The summed E-state index contributed by atoms with van der Waals surface area (Å²) in [7, 11) is -1.36. The number of guanidine groups is 1. The number of furan rings is 1. The van der Waals surface area contributed by atoms with Crippen LogP contribution in [0.4, 0.5) is 0 Å². The fourth-order valence-corrected chi connectivity index (χ4v) is 4.58. The summed E-state index contributed by atoms with van der Waals surface area (Å²) in [4.78, 5) is 6.32. The first-order valence-corrected chi connectivity index (χ1v) is 10.1. The van der Waals surface area contributed by atoms with E-state index >= 15 is 0 Å². The standard InChI is InChI=1S/C18H25N3O3S/c1-13-14-7-5-6-8-15(14)24-16(13)11-20-17(19-4)21-9-10-25(22,23)18(2,3)12-21/h5-8H,9-12H2,1-4H3,(H,19,20). The van der Waals surface area contributed by atoms with E-state index in [1.807, 2.05) is 36.1 Å². The van der Waals surface area contributed by atoms with Gasteiger partial charge in [-0.2, -0.15) is 0 Å². The maximum atomic E-state index is 12.2. The summed E-state index contributed by atoms with van der Waals surface area (Å²) in [5, 5.41) is 4.42. The Hall–Kier alpha value is -2.02. The van der Waals surface area contributed by atoms with Gasteiger partial charge in [0.2, 0.25) is 0 Å². The largest absolute Gasteiger partial charge is 0.459 e. The smallest absolute Gasteiger partial charge is 0.194 e. The highest BCUT2D eigenvalue weighted by Crippen LogP contribution is 2.26. The Morgan fingerprint density at radius 3 is 2.72 bits per heavy atom. The van der Waals surface area contributed by atoms with Crippen molar-refractivity contribution in [3.8, 4) is 0 Å². The summed E-state index contributed by atoms with van der Waals surface area (Å²) in [6.07, 6.45) is 0. The van der Waals surface area contributed by atoms with E-state index in [-0.39, 0.29) is 5.75 Å². The minimum atomic E-state index is -3.07. The third-order valence-electron chi connectivity index (χ3n) is 4.90. The van der Waals surface area contributed by atoms with Gasteiger partial charge in [-0.05, 0) is 26.8 Å². The van der Waals surface area contributed by atoms with Gasteiger partial charge in [-0.1, -0.05) is 18.2 Å². The Balaban J connectivity index is 1.74. The fraction of sp³-hybridized carbons (Fsp3) is 0.500. The van der Waals surface area contributed by atoms with Crippen LogP contribution < -0.4 is 5.32 Å². The van der Waals surface area contributed by atoms with E-state index in [4.69, 9.17) is 4.42 Å². The van der Waals surface area contributed by atoms with Crippen LogP contribution in [-0.4, -0.2) is 49.9 Å². The number of para-hydroxylation sites is 1. The van der Waals surface area contributed by atoms with E-state index in [1.165, 1.54) is 0 Å². The molecule has 2 aromatic rings. The van der Waals surface area contributed by atoms with E-state index in [1.54, 1.807) is 20.9 Å². The van der Waals surface area contributed by atoms with Crippen molar-refractivity contribution in [1.29, 1.82) is 0 Å². The summed E-state index contributed by atoms with van der Waals surface area (Å²) in [5.74, 6) is 1.71. The molecule has 1 saturated heterocycles. The molecule has 0 unspecified atom stereocenters. The lowest BCUT2D eigenvalue weighted by molar-refractivity contribution is 0.351.